The molecule has 0 unspecified atom stereocenters. The minimum absolute atomic E-state index is 0.0101. The van der Waals surface area contributed by atoms with Crippen LogP contribution < -0.4 is 4.74 Å². The number of halogens is 2. The molecule has 0 amide bonds. The van der Waals surface area contributed by atoms with Gasteiger partial charge in [-0.1, -0.05) is 12.1 Å². The number of hydrogen-bond donors (Lipinski definition) is 0. The number of Topliss-reactive ketones (excluding diaryl/α,β-unsaturated/α-hetero) is 1. The minimum atomic E-state index is -1.00. The fourth-order valence-corrected chi connectivity index (χ4v) is 1.72. The number of benzene rings is 1. The van der Waals surface area contributed by atoms with Gasteiger partial charge in [0.25, 0.3) is 0 Å². The Kier molecular flexibility index (Phi) is 3.85. The Morgan fingerprint density at radius 1 is 1.26 bits per heavy atom. The van der Waals surface area contributed by atoms with E-state index in [1.165, 1.54) is 31.5 Å². The third-order valence-electron chi connectivity index (χ3n) is 2.65. The van der Waals surface area contributed by atoms with Crippen LogP contribution in [-0.4, -0.2) is 17.9 Å². The lowest BCUT2D eigenvalue weighted by molar-refractivity contribution is 0.0988. The Bertz CT molecular complexity index is 614. The van der Waals surface area contributed by atoms with Crippen LogP contribution in [-0.2, 0) is 6.42 Å². The smallest absolute Gasteiger partial charge is 0.224 e. The van der Waals surface area contributed by atoms with Crippen molar-refractivity contribution >= 4 is 5.78 Å². The SMILES string of the molecule is COc1ncccc1C(=O)Cc1cccc(F)c1F. The van der Waals surface area contributed by atoms with Crippen molar-refractivity contribution in [1.82, 2.24) is 4.98 Å². The lowest BCUT2D eigenvalue weighted by Gasteiger charge is -2.07. The monoisotopic (exact) mass is 263 g/mol. The summed E-state index contributed by atoms with van der Waals surface area (Å²) in [6, 6.07) is 6.86. The molecule has 1 aromatic heterocycles. The zero-order valence-corrected chi connectivity index (χ0v) is 10.2. The van der Waals surface area contributed by atoms with E-state index in [4.69, 9.17) is 4.74 Å². The number of rotatable bonds is 4. The number of nitrogens with zero attached hydrogens (tertiary/aromatic N) is 1. The summed E-state index contributed by atoms with van der Waals surface area (Å²) in [5.41, 5.74) is 0.254. The number of carbonyl (C=O) groups is 1. The molecule has 0 bridgehead atoms. The highest BCUT2D eigenvalue weighted by atomic mass is 19.2. The molecule has 0 aliphatic rings. The fourth-order valence-electron chi connectivity index (χ4n) is 1.72. The van der Waals surface area contributed by atoms with Crippen molar-refractivity contribution in [2.75, 3.05) is 7.11 Å². The van der Waals surface area contributed by atoms with Gasteiger partial charge in [0.15, 0.2) is 17.4 Å². The number of carbonyl (C=O) groups excluding carboxylic acids is 1. The molecular weight excluding hydrogens is 252 g/mol. The fraction of sp³-hybridized carbons (Fsp3) is 0.143. The molecule has 0 atom stereocenters. The second-order valence-electron chi connectivity index (χ2n) is 3.87. The Balaban J connectivity index is 2.28. The average Bonchev–Trinajstić information content (AvgIpc) is 2.43. The second-order valence-corrected chi connectivity index (χ2v) is 3.87. The van der Waals surface area contributed by atoms with Crippen LogP contribution in [0, 0.1) is 11.6 Å². The molecule has 3 nitrogen and oxygen atoms in total. The summed E-state index contributed by atoms with van der Waals surface area (Å²) in [4.78, 5) is 15.9. The van der Waals surface area contributed by atoms with Gasteiger partial charge < -0.3 is 4.74 Å². The predicted molar refractivity (Wildman–Crippen MR) is 65.2 cm³/mol. The van der Waals surface area contributed by atoms with E-state index in [0.29, 0.717) is 0 Å². The molecular formula is C14H11F2NO2. The maximum Gasteiger partial charge on any atom is 0.224 e. The molecule has 1 aromatic carbocycles. The number of hydrogen-bond acceptors (Lipinski definition) is 3. The van der Waals surface area contributed by atoms with E-state index in [0.717, 1.165) is 6.07 Å². The molecule has 0 fully saturated rings. The van der Waals surface area contributed by atoms with Crippen LogP contribution in [0.5, 0.6) is 5.88 Å². The molecule has 5 heteroatoms. The summed E-state index contributed by atoms with van der Waals surface area (Å²) >= 11 is 0. The first-order valence-corrected chi connectivity index (χ1v) is 5.58. The Hall–Kier alpha value is -2.30. The zero-order valence-electron chi connectivity index (χ0n) is 10.2. The lowest BCUT2D eigenvalue weighted by atomic mass is 10.0. The molecule has 0 radical (unpaired) electrons. The number of ether oxygens (including phenoxy) is 1. The van der Waals surface area contributed by atoms with Crippen molar-refractivity contribution in [2.24, 2.45) is 0 Å². The van der Waals surface area contributed by atoms with Crippen LogP contribution in [0.25, 0.3) is 0 Å². The number of pyridine rings is 1. The van der Waals surface area contributed by atoms with Gasteiger partial charge >= 0.3 is 0 Å². The summed E-state index contributed by atoms with van der Waals surface area (Å²) in [6.07, 6.45) is 1.24. The van der Waals surface area contributed by atoms with Crippen molar-refractivity contribution < 1.29 is 18.3 Å². The van der Waals surface area contributed by atoms with E-state index in [2.05, 4.69) is 4.98 Å². The van der Waals surface area contributed by atoms with Gasteiger partial charge in [-0.05, 0) is 23.8 Å². The van der Waals surface area contributed by atoms with Crippen LogP contribution in [0.2, 0.25) is 0 Å². The standard InChI is InChI=1S/C14H11F2NO2/c1-19-14-10(5-3-7-17-14)12(18)8-9-4-2-6-11(15)13(9)16/h2-7H,8H2,1H3. The summed E-state index contributed by atoms with van der Waals surface area (Å²) in [7, 11) is 1.39. The largest absolute Gasteiger partial charge is 0.480 e. The maximum atomic E-state index is 13.5. The molecule has 1 heterocycles. The van der Waals surface area contributed by atoms with Gasteiger partial charge in [-0.25, -0.2) is 13.8 Å². The zero-order chi connectivity index (χ0) is 13.8. The van der Waals surface area contributed by atoms with Crippen molar-refractivity contribution in [3.63, 3.8) is 0 Å². The summed E-state index contributed by atoms with van der Waals surface area (Å²) in [5.74, 6) is -2.18. The van der Waals surface area contributed by atoms with Gasteiger partial charge in [0.1, 0.15) is 0 Å². The van der Waals surface area contributed by atoms with Crippen LogP contribution in [0.1, 0.15) is 15.9 Å². The Morgan fingerprint density at radius 3 is 2.79 bits per heavy atom. The van der Waals surface area contributed by atoms with Gasteiger partial charge in [-0.2, -0.15) is 0 Å². The third kappa shape index (κ3) is 2.76. The molecule has 2 rings (SSSR count). The first-order valence-electron chi connectivity index (χ1n) is 5.58. The van der Waals surface area contributed by atoms with E-state index in [9.17, 15) is 13.6 Å². The minimum Gasteiger partial charge on any atom is -0.480 e. The van der Waals surface area contributed by atoms with Gasteiger partial charge in [0.2, 0.25) is 5.88 Å². The van der Waals surface area contributed by atoms with Gasteiger partial charge in [0.05, 0.1) is 12.7 Å². The molecule has 98 valence electrons. The Morgan fingerprint density at radius 2 is 2.05 bits per heavy atom. The number of aromatic nitrogens is 1. The molecule has 0 N–H and O–H groups in total. The topological polar surface area (TPSA) is 39.2 Å². The molecule has 2 aromatic rings. The predicted octanol–water partition coefficient (Wildman–Crippen LogP) is 2.79. The molecule has 19 heavy (non-hydrogen) atoms. The van der Waals surface area contributed by atoms with Gasteiger partial charge in [-0.3, -0.25) is 4.79 Å². The first kappa shape index (κ1) is 13.1. The quantitative estimate of drug-likeness (QED) is 0.796. The van der Waals surface area contributed by atoms with E-state index in [-0.39, 0.29) is 29.2 Å². The molecule has 0 saturated carbocycles. The normalized spacial score (nSPS) is 10.3. The van der Waals surface area contributed by atoms with Crippen molar-refractivity contribution in [2.45, 2.75) is 6.42 Å². The molecule has 0 spiro atoms. The number of methoxy groups -OCH3 is 1. The summed E-state index contributed by atoms with van der Waals surface area (Å²) in [5, 5.41) is 0. The van der Waals surface area contributed by atoms with Crippen LogP contribution in [0.3, 0.4) is 0 Å². The molecule has 0 saturated heterocycles. The van der Waals surface area contributed by atoms with Crippen molar-refractivity contribution in [1.29, 1.82) is 0 Å². The Labute approximate surface area is 108 Å². The third-order valence-corrected chi connectivity index (χ3v) is 2.65. The highest BCUT2D eigenvalue weighted by molar-refractivity contribution is 5.99. The van der Waals surface area contributed by atoms with E-state index in [1.54, 1.807) is 6.07 Å². The average molecular weight is 263 g/mol. The van der Waals surface area contributed by atoms with Gasteiger partial charge in [0, 0.05) is 12.6 Å². The highest BCUT2D eigenvalue weighted by Crippen LogP contribution is 2.18. The summed E-state index contributed by atoms with van der Waals surface area (Å²) < 4.78 is 31.5. The van der Waals surface area contributed by atoms with Gasteiger partial charge in [-0.15, -0.1) is 0 Å². The maximum absolute atomic E-state index is 13.5. The van der Waals surface area contributed by atoms with Crippen molar-refractivity contribution in [3.05, 3.63) is 59.3 Å². The first-order chi connectivity index (χ1) is 9.13. The second kappa shape index (κ2) is 5.56. The summed E-state index contributed by atoms with van der Waals surface area (Å²) in [6.45, 7) is 0. The van der Waals surface area contributed by atoms with Crippen molar-refractivity contribution in [3.8, 4) is 5.88 Å². The molecule has 0 aliphatic carbocycles. The highest BCUT2D eigenvalue weighted by Gasteiger charge is 2.16. The van der Waals surface area contributed by atoms with Crippen LogP contribution >= 0.6 is 0 Å². The van der Waals surface area contributed by atoms with E-state index in [1.807, 2.05) is 0 Å². The molecule has 0 aliphatic heterocycles. The lowest BCUT2D eigenvalue weighted by Crippen LogP contribution is -2.08. The van der Waals surface area contributed by atoms with E-state index < -0.39 is 11.6 Å². The van der Waals surface area contributed by atoms with Crippen LogP contribution in [0.4, 0.5) is 8.78 Å². The van der Waals surface area contributed by atoms with Crippen LogP contribution in [0.15, 0.2) is 36.5 Å². The van der Waals surface area contributed by atoms with E-state index >= 15 is 0 Å². The number of ketones is 1.